The molecule has 4 aliphatic carbocycles. The number of halogens is 12. The molecule has 0 aromatic heterocycles. The van der Waals surface area contributed by atoms with Gasteiger partial charge in [-0.15, -0.1) is 0 Å². The minimum atomic E-state index is -5.01. The lowest BCUT2D eigenvalue weighted by atomic mass is 9.71. The number of piperazine rings is 1. The number of ketones is 2. The molecule has 16 heteroatoms. The van der Waals surface area contributed by atoms with E-state index in [0.717, 1.165) is 0 Å². The Kier molecular flexibility index (Phi) is 8.24. The largest absolute Gasteiger partial charge is 0.416 e. The fraction of sp³-hybridized carbons (Fsp3) is 0.588. The smallest absolute Gasteiger partial charge is 0.301 e. The van der Waals surface area contributed by atoms with Crippen molar-refractivity contribution >= 4 is 11.6 Å². The van der Waals surface area contributed by atoms with Crippen molar-refractivity contribution in [3.63, 3.8) is 0 Å². The number of hydrogen-bond acceptors (Lipinski definition) is 4. The summed E-state index contributed by atoms with van der Waals surface area (Å²) in [5, 5.41) is 6.62. The molecule has 7 rings (SSSR count). The summed E-state index contributed by atoms with van der Waals surface area (Å²) in [5.74, 6) is -4.05. The first-order chi connectivity index (χ1) is 23.1. The number of carbonyl (C=O) groups excluding carboxylic acids is 2. The van der Waals surface area contributed by atoms with Crippen LogP contribution in [0.2, 0.25) is 0 Å². The molecular formula is C34H30F12N2O2. The summed E-state index contributed by atoms with van der Waals surface area (Å²) in [4.78, 5) is 27.5. The Morgan fingerprint density at radius 2 is 0.760 bits per heavy atom. The molecule has 0 radical (unpaired) electrons. The van der Waals surface area contributed by atoms with E-state index in [-0.39, 0.29) is 72.3 Å². The molecule has 4 nitrogen and oxygen atoms in total. The van der Waals surface area contributed by atoms with Crippen molar-refractivity contribution in [3.05, 3.63) is 69.8 Å². The molecule has 2 N–H and O–H groups in total. The third kappa shape index (κ3) is 6.11. The summed E-state index contributed by atoms with van der Waals surface area (Å²) < 4.78 is 162. The van der Waals surface area contributed by atoms with Crippen LogP contribution < -0.4 is 10.6 Å². The minimum Gasteiger partial charge on any atom is -0.301 e. The average molecular weight is 727 g/mol. The zero-order valence-electron chi connectivity index (χ0n) is 25.8. The van der Waals surface area contributed by atoms with Crippen LogP contribution in [-0.2, 0) is 34.3 Å². The maximum absolute atomic E-state index is 13.8. The molecule has 10 atom stereocenters. The van der Waals surface area contributed by atoms with Crippen molar-refractivity contribution < 1.29 is 62.3 Å². The van der Waals surface area contributed by atoms with Gasteiger partial charge in [0.15, 0.2) is 11.6 Å². The van der Waals surface area contributed by atoms with Gasteiger partial charge in [-0.25, -0.2) is 0 Å². The van der Waals surface area contributed by atoms with Gasteiger partial charge < -0.3 is 10.6 Å². The molecule has 5 aliphatic rings. The highest BCUT2D eigenvalue weighted by molar-refractivity contribution is 5.94. The van der Waals surface area contributed by atoms with E-state index >= 15 is 0 Å². The summed E-state index contributed by atoms with van der Waals surface area (Å²) in [6, 6.07) is 0.288. The minimum absolute atomic E-state index is 0.0341. The molecular weight excluding hydrogens is 696 g/mol. The molecule has 272 valence electrons. The standard InChI is InChI=1S/C34H30F12N2O2/c35-31(36,37)17-5-15(6-18(11-17)32(38,39)40)13-1-3-21-23(9-13)29(49)27-25(21)47-28-26(48-27)22-4-2-14(10-24(22)30(28)50)16-7-19(33(41,42)43)12-20(8-16)34(44,45)46/h5-8,11-14,21-28,47-48H,1-4,9-10H2. The second-order valence-electron chi connectivity index (χ2n) is 14.4. The van der Waals surface area contributed by atoms with E-state index in [9.17, 15) is 62.3 Å². The van der Waals surface area contributed by atoms with Gasteiger partial charge in [-0.05, 0) is 110 Å². The Bertz CT molecular complexity index is 1510. The molecule has 10 unspecified atom stereocenters. The van der Waals surface area contributed by atoms with E-state index in [1.165, 1.54) is 0 Å². The quantitative estimate of drug-likeness (QED) is 0.306. The first-order valence-corrected chi connectivity index (χ1v) is 16.3. The van der Waals surface area contributed by atoms with Crippen molar-refractivity contribution in [2.24, 2.45) is 23.7 Å². The topological polar surface area (TPSA) is 58.2 Å². The Hall–Kier alpha value is -3.14. The molecule has 5 fully saturated rings. The number of Topliss-reactive ketones (excluding diaryl/α,β-unsaturated/α-hetero) is 2. The summed E-state index contributed by atoms with van der Waals surface area (Å²) in [5.41, 5.74) is -6.01. The number of alkyl halides is 12. The molecule has 1 heterocycles. The third-order valence-electron chi connectivity index (χ3n) is 11.7. The van der Waals surface area contributed by atoms with Gasteiger partial charge in [-0.3, -0.25) is 9.59 Å². The van der Waals surface area contributed by atoms with Crippen LogP contribution in [0, 0.1) is 23.7 Å². The van der Waals surface area contributed by atoms with E-state index in [0.29, 0.717) is 37.1 Å². The van der Waals surface area contributed by atoms with E-state index in [4.69, 9.17) is 0 Å². The Morgan fingerprint density at radius 1 is 0.460 bits per heavy atom. The lowest BCUT2D eigenvalue weighted by Crippen LogP contribution is -2.67. The molecule has 50 heavy (non-hydrogen) atoms. The second-order valence-corrected chi connectivity index (χ2v) is 14.4. The fourth-order valence-electron chi connectivity index (χ4n) is 9.47. The van der Waals surface area contributed by atoms with Crippen LogP contribution in [0.4, 0.5) is 52.7 Å². The van der Waals surface area contributed by atoms with Crippen LogP contribution in [0.25, 0.3) is 0 Å². The Balaban J connectivity index is 1.09. The van der Waals surface area contributed by atoms with Crippen LogP contribution in [0.15, 0.2) is 36.4 Å². The first-order valence-electron chi connectivity index (χ1n) is 16.3. The monoisotopic (exact) mass is 726 g/mol. The molecule has 0 spiro atoms. The maximum atomic E-state index is 13.8. The number of nitrogens with one attached hydrogen (secondary N) is 2. The zero-order valence-corrected chi connectivity index (χ0v) is 25.8. The van der Waals surface area contributed by atoms with Crippen molar-refractivity contribution in [2.45, 2.75) is 99.2 Å². The van der Waals surface area contributed by atoms with Gasteiger partial charge in [-0.1, -0.05) is 0 Å². The predicted molar refractivity (Wildman–Crippen MR) is 151 cm³/mol. The van der Waals surface area contributed by atoms with Gasteiger partial charge >= 0.3 is 24.7 Å². The van der Waals surface area contributed by atoms with Crippen LogP contribution in [0.1, 0.15) is 83.7 Å². The summed E-state index contributed by atoms with van der Waals surface area (Å²) in [7, 11) is 0. The van der Waals surface area contributed by atoms with Crippen LogP contribution >= 0.6 is 0 Å². The van der Waals surface area contributed by atoms with E-state index in [2.05, 4.69) is 10.6 Å². The van der Waals surface area contributed by atoms with Crippen molar-refractivity contribution in [2.75, 3.05) is 0 Å². The maximum Gasteiger partial charge on any atom is 0.416 e. The number of carbonyl (C=O) groups is 2. The van der Waals surface area contributed by atoms with E-state index < -0.39 is 94.8 Å². The van der Waals surface area contributed by atoms with E-state index in [1.807, 2.05) is 0 Å². The number of rotatable bonds is 2. The second kappa shape index (κ2) is 11.7. The van der Waals surface area contributed by atoms with Gasteiger partial charge in [0.05, 0.1) is 34.3 Å². The molecule has 1 saturated heterocycles. The van der Waals surface area contributed by atoms with Gasteiger partial charge in [0.2, 0.25) is 0 Å². The van der Waals surface area contributed by atoms with Gasteiger partial charge in [0.1, 0.15) is 0 Å². The summed E-state index contributed by atoms with van der Waals surface area (Å²) in [6.07, 6.45) is -19.0. The lowest BCUT2D eigenvalue weighted by Gasteiger charge is -2.41. The van der Waals surface area contributed by atoms with Crippen molar-refractivity contribution in [3.8, 4) is 0 Å². The van der Waals surface area contributed by atoms with E-state index in [1.54, 1.807) is 0 Å². The molecule has 0 bridgehead atoms. The normalized spacial score (nSPS) is 34.6. The lowest BCUT2D eigenvalue weighted by molar-refractivity contribution is -0.144. The molecule has 4 saturated carbocycles. The van der Waals surface area contributed by atoms with Gasteiger partial charge in [0.25, 0.3) is 0 Å². The highest BCUT2D eigenvalue weighted by Gasteiger charge is 2.61. The third-order valence-corrected chi connectivity index (χ3v) is 11.7. The summed E-state index contributed by atoms with van der Waals surface area (Å²) >= 11 is 0. The predicted octanol–water partition coefficient (Wildman–Crippen LogP) is 8.29. The average Bonchev–Trinajstić information content (AvgIpc) is 3.47. The van der Waals surface area contributed by atoms with Crippen molar-refractivity contribution in [1.29, 1.82) is 0 Å². The molecule has 0 amide bonds. The highest BCUT2D eigenvalue weighted by Crippen LogP contribution is 2.52. The van der Waals surface area contributed by atoms with Crippen LogP contribution in [0.3, 0.4) is 0 Å². The number of hydrogen-bond donors (Lipinski definition) is 2. The number of benzene rings is 2. The van der Waals surface area contributed by atoms with Crippen LogP contribution in [-0.4, -0.2) is 35.7 Å². The molecule has 2 aromatic carbocycles. The van der Waals surface area contributed by atoms with Crippen molar-refractivity contribution in [1.82, 2.24) is 10.6 Å². The summed E-state index contributed by atoms with van der Waals surface area (Å²) in [6.45, 7) is 0. The van der Waals surface area contributed by atoms with Gasteiger partial charge in [0, 0.05) is 23.9 Å². The zero-order chi connectivity index (χ0) is 36.3. The Labute approximate surface area is 277 Å². The SMILES string of the molecule is O=C1C2CC(c3cc(C(F)(F)F)cc(C(F)(F)F)c3)CCC2C2NC3C(=O)C4CC(c5cc(C(F)(F)F)cc(C(F)(F)F)c5)CCC4C3NC12. The first kappa shape index (κ1) is 35.3. The van der Waals surface area contributed by atoms with Crippen LogP contribution in [0.5, 0.6) is 0 Å². The molecule has 2 aromatic rings. The fourth-order valence-corrected chi connectivity index (χ4v) is 9.47. The Morgan fingerprint density at radius 3 is 1.04 bits per heavy atom. The molecule has 1 aliphatic heterocycles. The van der Waals surface area contributed by atoms with Gasteiger partial charge in [-0.2, -0.15) is 52.7 Å². The number of fused-ring (bicyclic) bond motifs is 6. The highest BCUT2D eigenvalue weighted by atomic mass is 19.4.